The van der Waals surface area contributed by atoms with Crippen LogP contribution >= 0.6 is 45.2 Å². The first-order chi connectivity index (χ1) is 11.9. The van der Waals surface area contributed by atoms with Gasteiger partial charge in [0, 0.05) is 3.57 Å². The van der Waals surface area contributed by atoms with Crippen LogP contribution in [-0.4, -0.2) is 24.0 Å². The van der Waals surface area contributed by atoms with E-state index in [-0.39, 0.29) is 3.57 Å². The summed E-state index contributed by atoms with van der Waals surface area (Å²) in [5.41, 5.74) is -0.568. The molecule has 0 spiro atoms. The average Bonchev–Trinajstić information content (AvgIpc) is 2.51. The molecule has 2 rings (SSSR count). The van der Waals surface area contributed by atoms with Crippen molar-refractivity contribution in [3.05, 3.63) is 48.1 Å². The second-order valence-corrected chi connectivity index (χ2v) is 8.27. The number of phenols is 1. The van der Waals surface area contributed by atoms with Gasteiger partial charge in [-0.15, -0.1) is 0 Å². The van der Waals surface area contributed by atoms with Crippen LogP contribution in [0.5, 0.6) is 11.5 Å². The molecule has 0 aromatic heterocycles. The molecule has 0 heterocycles. The Labute approximate surface area is 170 Å². The van der Waals surface area contributed by atoms with Crippen molar-refractivity contribution in [1.82, 2.24) is 0 Å². The number of hydrogen-bond donors (Lipinski definition) is 1. The summed E-state index contributed by atoms with van der Waals surface area (Å²) in [4.78, 5) is 9.63. The molecule has 0 aliphatic carbocycles. The third-order valence-corrected chi connectivity index (χ3v) is 5.18. The van der Waals surface area contributed by atoms with Crippen molar-refractivity contribution in [3.8, 4) is 11.5 Å². The third-order valence-electron chi connectivity index (χ3n) is 2.88. The molecule has 0 bridgehead atoms. The largest absolute Gasteiger partial charge is 0.744 e. The maximum absolute atomic E-state index is 13.8. The maximum atomic E-state index is 13.8. The van der Waals surface area contributed by atoms with Crippen LogP contribution < -0.4 is 4.74 Å². The van der Waals surface area contributed by atoms with Gasteiger partial charge in [0.05, 0.1) is 3.57 Å². The highest BCUT2D eigenvalue weighted by atomic mass is 127. The molecule has 0 aliphatic rings. The number of halogens is 6. The average molecular weight is 617 g/mol. The highest BCUT2D eigenvalue weighted by molar-refractivity contribution is 14.1. The van der Waals surface area contributed by atoms with Gasteiger partial charge < -0.3 is 14.4 Å². The Morgan fingerprint density at radius 3 is 2.00 bits per heavy atom. The van der Waals surface area contributed by atoms with Gasteiger partial charge in [-0.05, 0) is 57.3 Å². The molecule has 26 heavy (non-hydrogen) atoms. The van der Waals surface area contributed by atoms with E-state index in [9.17, 15) is 40.4 Å². The normalized spacial score (nSPS) is 11.5. The van der Waals surface area contributed by atoms with E-state index < -0.39 is 61.3 Å². The first kappa shape index (κ1) is 21.1. The molecule has 0 unspecified atom stereocenters. The summed E-state index contributed by atoms with van der Waals surface area (Å²) in [5, 5.41) is 9.80. The molecule has 0 aliphatic heterocycles. The van der Waals surface area contributed by atoms with Gasteiger partial charge in [0.15, 0.2) is 11.6 Å². The second kappa shape index (κ2) is 7.43. The van der Waals surface area contributed by atoms with Crippen molar-refractivity contribution in [3.63, 3.8) is 0 Å². The van der Waals surface area contributed by atoms with Gasteiger partial charge in [0.2, 0.25) is 17.4 Å². The Balaban J connectivity index is 2.60. The van der Waals surface area contributed by atoms with E-state index in [0.717, 1.165) is 6.07 Å². The molecule has 0 amide bonds. The molecule has 2 aromatic carbocycles. The molecule has 0 saturated heterocycles. The van der Waals surface area contributed by atoms with Crippen LogP contribution in [0.25, 0.3) is 0 Å². The molecule has 0 saturated carbocycles. The number of rotatable bonds is 3. The number of aromatic hydroxyl groups is 1. The van der Waals surface area contributed by atoms with E-state index in [1.807, 2.05) is 0 Å². The predicted octanol–water partition coefficient (Wildman–Crippen LogP) is 3.28. The van der Waals surface area contributed by atoms with Gasteiger partial charge in [-0.2, -0.15) is 8.78 Å². The molecular weight excluding hydrogens is 614 g/mol. The predicted molar refractivity (Wildman–Crippen MR) is 92.7 cm³/mol. The van der Waals surface area contributed by atoms with Crippen LogP contribution in [0.3, 0.4) is 0 Å². The lowest BCUT2D eigenvalue weighted by Gasteiger charge is -2.14. The number of benzene rings is 2. The minimum absolute atomic E-state index is 0.174. The van der Waals surface area contributed by atoms with Gasteiger partial charge >= 0.3 is 5.97 Å². The number of carbonyl (C=O) groups is 1. The third kappa shape index (κ3) is 3.89. The number of carbonyl (C=O) groups excluding carboxylic acids is 1. The smallest absolute Gasteiger partial charge is 0.347 e. The molecule has 13 heteroatoms. The fourth-order valence-corrected chi connectivity index (χ4v) is 4.23. The molecule has 0 fully saturated rings. The first-order valence-electron chi connectivity index (χ1n) is 6.08. The topological polar surface area (TPSA) is 104 Å². The van der Waals surface area contributed by atoms with Crippen LogP contribution in [0, 0.1) is 30.4 Å². The second-order valence-electron chi connectivity index (χ2n) is 4.54. The highest BCUT2D eigenvalue weighted by Crippen LogP contribution is 2.34. The van der Waals surface area contributed by atoms with E-state index in [4.69, 9.17) is 0 Å². The first-order valence-corrected chi connectivity index (χ1v) is 9.64. The molecule has 0 radical (unpaired) electrons. The lowest BCUT2D eigenvalue weighted by Crippen LogP contribution is -2.16. The summed E-state index contributed by atoms with van der Waals surface area (Å²) in [7, 11) is -5.89. The van der Waals surface area contributed by atoms with E-state index in [1.54, 1.807) is 45.2 Å². The lowest BCUT2D eigenvalue weighted by atomic mass is 10.2. The van der Waals surface area contributed by atoms with Gasteiger partial charge in [0.25, 0.3) is 0 Å². The van der Waals surface area contributed by atoms with Gasteiger partial charge in [0.1, 0.15) is 26.3 Å². The Hall–Kier alpha value is -1.20. The van der Waals surface area contributed by atoms with E-state index in [2.05, 4.69) is 4.74 Å². The number of hydrogen-bond acceptors (Lipinski definition) is 6. The highest BCUT2D eigenvalue weighted by Gasteiger charge is 2.32. The SMILES string of the molecule is O=C(Oc1c(F)c(F)c(S(=O)(=O)[O-])c(F)c1F)c1cc(I)cc(I)c1O. The van der Waals surface area contributed by atoms with Gasteiger partial charge in [-0.25, -0.2) is 22.0 Å². The van der Waals surface area contributed by atoms with E-state index in [0.29, 0.717) is 3.57 Å². The number of ether oxygens (including phenoxy) is 1. The summed E-state index contributed by atoms with van der Waals surface area (Å²) in [6, 6.07) is 2.51. The summed E-state index contributed by atoms with van der Waals surface area (Å²) in [6.45, 7) is 0. The standard InChI is InChI=1S/C13H4F4I2O6S/c14-6-8(16)12(26(22,23)24)9(17)7(15)11(6)25-13(21)4-1-3(18)2-5(19)10(4)20/h1-2,20H,(H,22,23,24)/p-1. The molecule has 2 aromatic rings. The zero-order valence-corrected chi connectivity index (χ0v) is 17.0. The van der Waals surface area contributed by atoms with E-state index >= 15 is 0 Å². The maximum Gasteiger partial charge on any atom is 0.347 e. The van der Waals surface area contributed by atoms with Crippen LogP contribution in [0.15, 0.2) is 17.0 Å². The van der Waals surface area contributed by atoms with Crippen molar-refractivity contribution < 1.29 is 45.2 Å². The van der Waals surface area contributed by atoms with Crippen LogP contribution in [0.2, 0.25) is 0 Å². The molecule has 140 valence electrons. The summed E-state index contributed by atoms with van der Waals surface area (Å²) in [6.07, 6.45) is 0. The van der Waals surface area contributed by atoms with Crippen LogP contribution in [0.4, 0.5) is 17.6 Å². The molecule has 6 nitrogen and oxygen atoms in total. The van der Waals surface area contributed by atoms with Crippen molar-refractivity contribution in [2.75, 3.05) is 0 Å². The monoisotopic (exact) mass is 617 g/mol. The zero-order chi connectivity index (χ0) is 20.0. The van der Waals surface area contributed by atoms with Gasteiger partial charge in [-0.1, -0.05) is 0 Å². The fourth-order valence-electron chi connectivity index (χ4n) is 1.77. The summed E-state index contributed by atoms with van der Waals surface area (Å²) >= 11 is 3.40. The quantitative estimate of drug-likeness (QED) is 0.142. The molecule has 0 atom stereocenters. The number of esters is 1. The lowest BCUT2D eigenvalue weighted by molar-refractivity contribution is 0.0713. The van der Waals surface area contributed by atoms with E-state index in [1.165, 1.54) is 6.07 Å². The Morgan fingerprint density at radius 1 is 1.04 bits per heavy atom. The molecule has 1 N–H and O–H groups in total. The fraction of sp³-hybridized carbons (Fsp3) is 0. The Bertz CT molecular complexity index is 1010. The summed E-state index contributed by atoms with van der Waals surface area (Å²) < 4.78 is 92.1. The van der Waals surface area contributed by atoms with Crippen LogP contribution in [0.1, 0.15) is 10.4 Å². The minimum atomic E-state index is -5.89. The van der Waals surface area contributed by atoms with Crippen molar-refractivity contribution in [2.45, 2.75) is 4.90 Å². The molecular formula is C13H3F4I2O6S-. The van der Waals surface area contributed by atoms with Crippen molar-refractivity contribution in [2.24, 2.45) is 0 Å². The van der Waals surface area contributed by atoms with Crippen LogP contribution in [-0.2, 0) is 10.1 Å². The Kier molecular flexibility index (Phi) is 6.03. The minimum Gasteiger partial charge on any atom is -0.744 e. The zero-order valence-electron chi connectivity index (χ0n) is 11.8. The Morgan fingerprint density at radius 2 is 1.54 bits per heavy atom. The van der Waals surface area contributed by atoms with Gasteiger partial charge in [-0.3, -0.25) is 0 Å². The van der Waals surface area contributed by atoms with Crippen molar-refractivity contribution in [1.29, 1.82) is 0 Å². The summed E-state index contributed by atoms with van der Waals surface area (Å²) in [5.74, 6) is -14.0. The number of phenolic OH excluding ortho intramolecular Hbond substituents is 1. The van der Waals surface area contributed by atoms with Crippen molar-refractivity contribution >= 4 is 61.3 Å².